The highest BCUT2D eigenvalue weighted by molar-refractivity contribution is 7.09. The van der Waals surface area contributed by atoms with E-state index in [4.69, 9.17) is 4.98 Å². The second-order valence-electron chi connectivity index (χ2n) is 6.75. The van der Waals surface area contributed by atoms with E-state index in [0.29, 0.717) is 6.04 Å². The predicted molar refractivity (Wildman–Crippen MR) is 98.7 cm³/mol. The molecule has 3 nitrogen and oxygen atoms in total. The zero-order chi connectivity index (χ0) is 16.9. The molecule has 0 unspecified atom stereocenters. The molecule has 24 heavy (non-hydrogen) atoms. The van der Waals surface area contributed by atoms with Gasteiger partial charge in [-0.1, -0.05) is 0 Å². The largest absolute Gasteiger partial charge is 0.301 e. The SMILES string of the molecule is C[C@H](CCN(C)Cc1nc(-c2ccc(F)cc2)cs1)N1CCCC1. The van der Waals surface area contributed by atoms with Crippen LogP contribution in [0.25, 0.3) is 11.3 Å². The fourth-order valence-corrected chi connectivity index (χ4v) is 4.10. The molecule has 3 rings (SSSR count). The van der Waals surface area contributed by atoms with Crippen molar-refractivity contribution in [2.45, 2.75) is 38.8 Å². The molecular formula is C19H26FN3S. The summed E-state index contributed by atoms with van der Waals surface area (Å²) in [5, 5.41) is 3.18. The fraction of sp³-hybridized carbons (Fsp3) is 0.526. The van der Waals surface area contributed by atoms with Gasteiger partial charge in [0.05, 0.1) is 12.2 Å². The van der Waals surface area contributed by atoms with Crippen LogP contribution in [0.1, 0.15) is 31.2 Å². The average Bonchev–Trinajstić information content (AvgIpc) is 3.25. The van der Waals surface area contributed by atoms with E-state index in [0.717, 1.165) is 29.4 Å². The Morgan fingerprint density at radius 3 is 2.67 bits per heavy atom. The van der Waals surface area contributed by atoms with Crippen LogP contribution in [0.15, 0.2) is 29.6 Å². The van der Waals surface area contributed by atoms with Crippen LogP contribution in [0.2, 0.25) is 0 Å². The summed E-state index contributed by atoms with van der Waals surface area (Å²) < 4.78 is 13.0. The summed E-state index contributed by atoms with van der Waals surface area (Å²) in [7, 11) is 2.16. The molecule has 1 atom stereocenters. The Labute approximate surface area is 148 Å². The van der Waals surface area contributed by atoms with Gasteiger partial charge in [0.15, 0.2) is 0 Å². The highest BCUT2D eigenvalue weighted by Gasteiger charge is 2.18. The van der Waals surface area contributed by atoms with Crippen molar-refractivity contribution >= 4 is 11.3 Å². The lowest BCUT2D eigenvalue weighted by Gasteiger charge is -2.25. The van der Waals surface area contributed by atoms with Crippen LogP contribution in [0.3, 0.4) is 0 Å². The molecular weight excluding hydrogens is 321 g/mol. The van der Waals surface area contributed by atoms with E-state index in [-0.39, 0.29) is 5.82 Å². The molecule has 0 N–H and O–H groups in total. The van der Waals surface area contributed by atoms with Crippen molar-refractivity contribution in [1.82, 2.24) is 14.8 Å². The topological polar surface area (TPSA) is 19.4 Å². The highest BCUT2D eigenvalue weighted by atomic mass is 32.1. The summed E-state index contributed by atoms with van der Waals surface area (Å²) in [6.07, 6.45) is 3.91. The third kappa shape index (κ3) is 4.62. The van der Waals surface area contributed by atoms with E-state index in [1.165, 1.54) is 44.5 Å². The van der Waals surface area contributed by atoms with Crippen LogP contribution >= 0.6 is 11.3 Å². The van der Waals surface area contributed by atoms with Crippen molar-refractivity contribution in [3.63, 3.8) is 0 Å². The number of hydrogen-bond acceptors (Lipinski definition) is 4. The second kappa shape index (κ2) is 8.19. The molecule has 0 amide bonds. The molecule has 0 bridgehead atoms. The summed E-state index contributed by atoms with van der Waals surface area (Å²) in [4.78, 5) is 9.65. The van der Waals surface area contributed by atoms with Crippen LogP contribution in [0.4, 0.5) is 4.39 Å². The van der Waals surface area contributed by atoms with E-state index < -0.39 is 0 Å². The normalized spacial score (nSPS) is 16.8. The first-order valence-corrected chi connectivity index (χ1v) is 9.63. The summed E-state index contributed by atoms with van der Waals surface area (Å²) in [5.41, 5.74) is 1.91. The Morgan fingerprint density at radius 1 is 1.25 bits per heavy atom. The minimum atomic E-state index is -0.207. The van der Waals surface area contributed by atoms with E-state index in [9.17, 15) is 4.39 Å². The lowest BCUT2D eigenvalue weighted by Crippen LogP contribution is -2.33. The molecule has 1 aliphatic rings. The summed E-state index contributed by atoms with van der Waals surface area (Å²) in [5.74, 6) is -0.207. The first kappa shape index (κ1) is 17.5. The van der Waals surface area contributed by atoms with Crippen molar-refractivity contribution in [3.05, 3.63) is 40.5 Å². The fourth-order valence-electron chi connectivity index (χ4n) is 3.22. The molecule has 1 aromatic carbocycles. The third-order valence-electron chi connectivity index (χ3n) is 4.79. The van der Waals surface area contributed by atoms with Gasteiger partial charge in [0.1, 0.15) is 10.8 Å². The zero-order valence-electron chi connectivity index (χ0n) is 14.5. The zero-order valence-corrected chi connectivity index (χ0v) is 15.4. The molecule has 0 radical (unpaired) electrons. The molecule has 130 valence electrons. The standard InChI is InChI=1S/C19H26FN3S/c1-15(23-10-3-4-11-23)9-12-22(2)13-19-21-18(14-24-19)16-5-7-17(20)8-6-16/h5-8,14-15H,3-4,9-13H2,1-2H3/t15-/m1/s1. The molecule has 1 aromatic heterocycles. The van der Waals surface area contributed by atoms with Crippen LogP contribution in [-0.4, -0.2) is 47.5 Å². The minimum Gasteiger partial charge on any atom is -0.301 e. The summed E-state index contributed by atoms with van der Waals surface area (Å²) in [6.45, 7) is 6.83. The van der Waals surface area contributed by atoms with Gasteiger partial charge in [-0.25, -0.2) is 9.37 Å². The van der Waals surface area contributed by atoms with E-state index in [2.05, 4.69) is 29.2 Å². The molecule has 0 aliphatic carbocycles. The van der Waals surface area contributed by atoms with Crippen LogP contribution in [0.5, 0.6) is 0 Å². The predicted octanol–water partition coefficient (Wildman–Crippen LogP) is 4.26. The molecule has 1 fully saturated rings. The van der Waals surface area contributed by atoms with Gasteiger partial charge in [-0.05, 0) is 77.1 Å². The van der Waals surface area contributed by atoms with E-state index in [1.54, 1.807) is 23.5 Å². The number of halogens is 1. The number of rotatable bonds is 7. The van der Waals surface area contributed by atoms with Crippen molar-refractivity contribution in [1.29, 1.82) is 0 Å². The van der Waals surface area contributed by atoms with Crippen molar-refractivity contribution < 1.29 is 4.39 Å². The van der Waals surface area contributed by atoms with Crippen LogP contribution < -0.4 is 0 Å². The van der Waals surface area contributed by atoms with Crippen molar-refractivity contribution in [2.75, 3.05) is 26.7 Å². The molecule has 1 aliphatic heterocycles. The van der Waals surface area contributed by atoms with Gasteiger partial charge >= 0.3 is 0 Å². The van der Waals surface area contributed by atoms with Crippen LogP contribution in [-0.2, 0) is 6.54 Å². The maximum absolute atomic E-state index is 13.0. The maximum Gasteiger partial charge on any atom is 0.123 e. The Balaban J connectivity index is 1.49. The van der Waals surface area contributed by atoms with Gasteiger partial charge in [0, 0.05) is 17.0 Å². The molecule has 0 saturated carbocycles. The van der Waals surface area contributed by atoms with Gasteiger partial charge in [0.2, 0.25) is 0 Å². The first-order valence-electron chi connectivity index (χ1n) is 8.75. The van der Waals surface area contributed by atoms with E-state index >= 15 is 0 Å². The Morgan fingerprint density at radius 2 is 1.96 bits per heavy atom. The first-order chi connectivity index (χ1) is 11.6. The quantitative estimate of drug-likeness (QED) is 0.746. The maximum atomic E-state index is 13.0. The number of likely N-dealkylation sites (tertiary alicyclic amines) is 1. The highest BCUT2D eigenvalue weighted by Crippen LogP contribution is 2.23. The van der Waals surface area contributed by atoms with Crippen molar-refractivity contribution in [2.24, 2.45) is 0 Å². The average molecular weight is 348 g/mol. The number of thiazole rings is 1. The Bertz CT molecular complexity index is 634. The third-order valence-corrected chi connectivity index (χ3v) is 5.62. The molecule has 1 saturated heterocycles. The Kier molecular flexibility index (Phi) is 5.98. The summed E-state index contributed by atoms with van der Waals surface area (Å²) in [6, 6.07) is 7.21. The monoisotopic (exact) mass is 347 g/mol. The van der Waals surface area contributed by atoms with Gasteiger partial charge in [-0.15, -0.1) is 11.3 Å². The minimum absolute atomic E-state index is 0.207. The molecule has 5 heteroatoms. The summed E-state index contributed by atoms with van der Waals surface area (Å²) >= 11 is 1.68. The number of aromatic nitrogens is 1. The second-order valence-corrected chi connectivity index (χ2v) is 7.69. The lowest BCUT2D eigenvalue weighted by molar-refractivity contribution is 0.215. The van der Waals surface area contributed by atoms with Gasteiger partial charge in [0.25, 0.3) is 0 Å². The van der Waals surface area contributed by atoms with Crippen LogP contribution in [0, 0.1) is 5.82 Å². The van der Waals surface area contributed by atoms with E-state index in [1.807, 2.05) is 0 Å². The Hall–Kier alpha value is -1.30. The van der Waals surface area contributed by atoms with Crippen molar-refractivity contribution in [3.8, 4) is 11.3 Å². The molecule has 2 aromatic rings. The number of hydrogen-bond donors (Lipinski definition) is 0. The van der Waals surface area contributed by atoms with Gasteiger partial charge in [-0.3, -0.25) is 4.90 Å². The molecule has 0 spiro atoms. The number of nitrogens with zero attached hydrogens (tertiary/aromatic N) is 3. The van der Waals surface area contributed by atoms with Gasteiger partial charge in [-0.2, -0.15) is 0 Å². The molecule has 2 heterocycles. The smallest absolute Gasteiger partial charge is 0.123 e. The van der Waals surface area contributed by atoms with Gasteiger partial charge < -0.3 is 4.90 Å². The lowest BCUT2D eigenvalue weighted by atomic mass is 10.2. The number of benzene rings is 1.